The Morgan fingerprint density at radius 2 is 2.10 bits per heavy atom. The van der Waals surface area contributed by atoms with Gasteiger partial charge in [0, 0.05) is 0 Å². The van der Waals surface area contributed by atoms with Crippen LogP contribution in [0, 0.1) is 17.3 Å². The van der Waals surface area contributed by atoms with Crippen LogP contribution in [-0.4, -0.2) is 12.6 Å². The van der Waals surface area contributed by atoms with Crippen molar-refractivity contribution in [3.05, 3.63) is 42.0 Å². The average Bonchev–Trinajstić information content (AvgIpc) is 2.89. The van der Waals surface area contributed by atoms with E-state index in [2.05, 4.69) is 20.8 Å². The van der Waals surface area contributed by atoms with Gasteiger partial charge in [0.2, 0.25) is 0 Å². The van der Waals surface area contributed by atoms with Crippen molar-refractivity contribution in [2.75, 3.05) is 6.61 Å². The van der Waals surface area contributed by atoms with E-state index in [9.17, 15) is 4.79 Å². The van der Waals surface area contributed by atoms with E-state index in [-0.39, 0.29) is 11.4 Å². The molecule has 1 aromatic rings. The Labute approximate surface area is 128 Å². The van der Waals surface area contributed by atoms with E-state index in [4.69, 9.17) is 4.74 Å². The minimum atomic E-state index is -0.282. The van der Waals surface area contributed by atoms with Gasteiger partial charge in [0.1, 0.15) is 6.61 Å². The highest BCUT2D eigenvalue weighted by molar-refractivity contribution is 5.77. The zero-order valence-corrected chi connectivity index (χ0v) is 13.3. The average molecular weight is 286 g/mol. The summed E-state index contributed by atoms with van der Waals surface area (Å²) in [5.74, 6) is 1.27. The molecule has 1 aliphatic rings. The molecule has 0 bridgehead atoms. The van der Waals surface area contributed by atoms with Gasteiger partial charge in [0.05, 0.1) is 5.41 Å². The van der Waals surface area contributed by atoms with Crippen LogP contribution in [0.1, 0.15) is 45.6 Å². The number of ether oxygens (including phenoxy) is 1. The van der Waals surface area contributed by atoms with Gasteiger partial charge in [-0.2, -0.15) is 0 Å². The maximum Gasteiger partial charge on any atom is 0.312 e. The first kappa shape index (κ1) is 15.8. The highest BCUT2D eigenvalue weighted by Crippen LogP contribution is 2.45. The van der Waals surface area contributed by atoms with Crippen LogP contribution in [0.25, 0.3) is 6.08 Å². The maximum atomic E-state index is 12.3. The minimum absolute atomic E-state index is 0.0386. The van der Waals surface area contributed by atoms with Crippen LogP contribution in [0.15, 0.2) is 36.4 Å². The fraction of sp³-hybridized carbons (Fsp3) is 0.526. The second kappa shape index (κ2) is 6.93. The van der Waals surface area contributed by atoms with E-state index in [0.717, 1.165) is 24.8 Å². The second-order valence-electron chi connectivity index (χ2n) is 6.72. The molecule has 2 rings (SSSR count). The fourth-order valence-electron chi connectivity index (χ4n) is 3.09. The highest BCUT2D eigenvalue weighted by atomic mass is 16.5. The lowest BCUT2D eigenvalue weighted by molar-refractivity contribution is -0.153. The van der Waals surface area contributed by atoms with E-state index in [1.807, 2.05) is 42.5 Å². The van der Waals surface area contributed by atoms with Crippen molar-refractivity contribution in [3.8, 4) is 0 Å². The Bertz CT molecular complexity index is 490. The largest absolute Gasteiger partial charge is 0.461 e. The molecule has 0 aliphatic heterocycles. The molecule has 0 amide bonds. The topological polar surface area (TPSA) is 26.3 Å². The van der Waals surface area contributed by atoms with Gasteiger partial charge in [-0.25, -0.2) is 0 Å². The molecule has 1 fully saturated rings. The van der Waals surface area contributed by atoms with Gasteiger partial charge in [-0.3, -0.25) is 4.79 Å². The number of hydrogen-bond acceptors (Lipinski definition) is 2. The summed E-state index contributed by atoms with van der Waals surface area (Å²) in [6.45, 7) is 6.89. The maximum absolute atomic E-state index is 12.3. The van der Waals surface area contributed by atoms with Gasteiger partial charge in [0.25, 0.3) is 0 Å². The third kappa shape index (κ3) is 4.20. The summed E-state index contributed by atoms with van der Waals surface area (Å²) in [7, 11) is 0. The summed E-state index contributed by atoms with van der Waals surface area (Å²) in [5.41, 5.74) is 0.843. The number of benzene rings is 1. The van der Waals surface area contributed by atoms with Crippen LogP contribution in [-0.2, 0) is 9.53 Å². The first-order valence-corrected chi connectivity index (χ1v) is 7.90. The molecule has 1 saturated carbocycles. The number of esters is 1. The highest BCUT2D eigenvalue weighted by Gasteiger charge is 2.43. The summed E-state index contributed by atoms with van der Waals surface area (Å²) in [4.78, 5) is 12.3. The zero-order valence-electron chi connectivity index (χ0n) is 13.3. The summed E-state index contributed by atoms with van der Waals surface area (Å²) >= 11 is 0. The van der Waals surface area contributed by atoms with E-state index in [1.54, 1.807) is 0 Å². The third-order valence-electron chi connectivity index (χ3n) is 4.64. The Balaban J connectivity index is 1.81. The molecule has 0 N–H and O–H groups in total. The monoisotopic (exact) mass is 286 g/mol. The van der Waals surface area contributed by atoms with Crippen LogP contribution in [0.5, 0.6) is 0 Å². The molecule has 0 unspecified atom stereocenters. The smallest absolute Gasteiger partial charge is 0.312 e. The normalized spacial score (nSPS) is 25.6. The predicted octanol–water partition coefficient (Wildman–Crippen LogP) is 4.71. The standard InChI is InChI=1S/C19H26O2/c1-15(2)17-11-12-19(3,14-17)18(20)21-13-7-10-16-8-5-4-6-9-16/h4-10,15,17H,11-14H2,1-3H3/b10-7-/t17-,19+/m0/s1. The van der Waals surface area contributed by atoms with Gasteiger partial charge in [-0.05, 0) is 49.7 Å². The van der Waals surface area contributed by atoms with Crippen LogP contribution < -0.4 is 0 Å². The molecule has 0 spiro atoms. The van der Waals surface area contributed by atoms with Gasteiger partial charge in [-0.15, -0.1) is 0 Å². The lowest BCUT2D eigenvalue weighted by Crippen LogP contribution is -2.27. The third-order valence-corrected chi connectivity index (χ3v) is 4.64. The minimum Gasteiger partial charge on any atom is -0.461 e. The first-order valence-electron chi connectivity index (χ1n) is 7.90. The van der Waals surface area contributed by atoms with Crippen LogP contribution in [0.3, 0.4) is 0 Å². The molecule has 2 atom stereocenters. The predicted molar refractivity (Wildman–Crippen MR) is 86.7 cm³/mol. The first-order chi connectivity index (χ1) is 10.0. The number of carbonyl (C=O) groups excluding carboxylic acids is 1. The molecule has 0 aromatic heterocycles. The van der Waals surface area contributed by atoms with E-state index < -0.39 is 0 Å². The van der Waals surface area contributed by atoms with Gasteiger partial charge in [-0.1, -0.05) is 50.3 Å². The second-order valence-corrected chi connectivity index (χ2v) is 6.72. The summed E-state index contributed by atoms with van der Waals surface area (Å²) in [6, 6.07) is 10.0. The number of rotatable bonds is 5. The molecule has 1 aromatic carbocycles. The molecule has 0 radical (unpaired) electrons. The molecule has 0 heterocycles. The van der Waals surface area contributed by atoms with Gasteiger partial charge >= 0.3 is 5.97 Å². The van der Waals surface area contributed by atoms with Crippen molar-refractivity contribution < 1.29 is 9.53 Å². The number of carbonyl (C=O) groups is 1. The summed E-state index contributed by atoms with van der Waals surface area (Å²) in [5, 5.41) is 0. The SMILES string of the molecule is CC(C)[C@H]1CC[C@@](C)(C(=O)OC/C=C\c2ccccc2)C1. The molecule has 0 saturated heterocycles. The van der Waals surface area contributed by atoms with Crippen molar-refractivity contribution in [1.29, 1.82) is 0 Å². The van der Waals surface area contributed by atoms with E-state index >= 15 is 0 Å². The summed E-state index contributed by atoms with van der Waals surface area (Å²) < 4.78 is 5.45. The lowest BCUT2D eigenvalue weighted by atomic mass is 9.85. The lowest BCUT2D eigenvalue weighted by Gasteiger charge is -2.22. The Hall–Kier alpha value is -1.57. The molecule has 1 aliphatic carbocycles. The number of hydrogen-bond donors (Lipinski definition) is 0. The van der Waals surface area contributed by atoms with Gasteiger partial charge in [0.15, 0.2) is 0 Å². The zero-order chi connectivity index (χ0) is 15.3. The molecule has 21 heavy (non-hydrogen) atoms. The van der Waals surface area contributed by atoms with Crippen LogP contribution >= 0.6 is 0 Å². The Morgan fingerprint density at radius 3 is 2.71 bits per heavy atom. The van der Waals surface area contributed by atoms with Crippen LogP contribution in [0.4, 0.5) is 0 Å². The molecular weight excluding hydrogens is 260 g/mol. The fourth-order valence-corrected chi connectivity index (χ4v) is 3.09. The quantitative estimate of drug-likeness (QED) is 0.733. The van der Waals surface area contributed by atoms with Crippen molar-refractivity contribution in [2.45, 2.75) is 40.0 Å². The van der Waals surface area contributed by atoms with Gasteiger partial charge < -0.3 is 4.74 Å². The Kier molecular flexibility index (Phi) is 5.22. The van der Waals surface area contributed by atoms with Crippen molar-refractivity contribution in [1.82, 2.24) is 0 Å². The van der Waals surface area contributed by atoms with E-state index in [0.29, 0.717) is 18.4 Å². The van der Waals surface area contributed by atoms with Crippen molar-refractivity contribution in [3.63, 3.8) is 0 Å². The molecular formula is C19H26O2. The molecule has 114 valence electrons. The van der Waals surface area contributed by atoms with Crippen LogP contribution in [0.2, 0.25) is 0 Å². The molecule has 2 nitrogen and oxygen atoms in total. The van der Waals surface area contributed by atoms with Crippen molar-refractivity contribution in [2.24, 2.45) is 17.3 Å². The summed E-state index contributed by atoms with van der Waals surface area (Å²) in [6.07, 6.45) is 6.96. The van der Waals surface area contributed by atoms with E-state index in [1.165, 1.54) is 0 Å². The molecule has 2 heteroatoms. The Morgan fingerprint density at radius 1 is 1.38 bits per heavy atom. The van der Waals surface area contributed by atoms with Crippen molar-refractivity contribution >= 4 is 12.0 Å².